The number of nitrogens with two attached hydrogens (primary N) is 1. The molecular formula is C65H121N9O24S4. The second kappa shape index (κ2) is 70.8. The highest BCUT2D eigenvalue weighted by molar-refractivity contribution is 8.78. The van der Waals surface area contributed by atoms with Crippen LogP contribution in [0.4, 0.5) is 14.4 Å². The molecule has 0 saturated heterocycles. The maximum Gasteiger partial charge on any atom is 0.409 e. The highest BCUT2D eigenvalue weighted by Gasteiger charge is 2.21. The lowest BCUT2D eigenvalue weighted by atomic mass is 10.3. The van der Waals surface area contributed by atoms with Crippen molar-refractivity contribution in [3.63, 3.8) is 0 Å². The number of likely N-dealkylation sites (N-methyl/N-ethyl adjacent to an activating group) is 2. The molecule has 0 aromatic carbocycles. The van der Waals surface area contributed by atoms with E-state index in [1.165, 1.54) is 51.2 Å². The molecule has 0 radical (unpaired) electrons. The standard InChI is InChI=1S/C23H38N4O5S2.C18H29N3O6S2.C10H22N2O5.2C7H16O4/c1-7-20(16-28)32-22(30-6)17-31-23(29)27(5)15-13-24-12-14-26(4)18(2)19(3)33-34-21-10-8-9-11-25-21;1-3-14(12-22)27-17(25-2)13-26-18(24)21-10-9-19-15(23)7-11-28-29-16-6-4-5-8-20-16;1-3-8(6-13)17-9(15-2)7-16-10(14)12-5-4-11;2*1-3-6(4-8)11-7(5-9)10-2/h8-11,20,22,24,28H,2-3,7,12-17H2,1,4-6H3;4-6,8,14,17,22H,3,7,9-13H2,1-2H3,(H,19,23)(H,21,24);8-9,13H,3-7,11H2,1-2H3,(H,12,14);2*6-9H,3-5H2,1-2H3. The largest absolute Gasteiger partial charge is 0.444 e. The number of carbonyl (C=O) groups is 4. The van der Waals surface area contributed by atoms with Crippen molar-refractivity contribution in [3.05, 3.63) is 72.6 Å². The molecule has 0 aliphatic carbocycles. The van der Waals surface area contributed by atoms with Crippen molar-refractivity contribution >= 4 is 67.4 Å². The van der Waals surface area contributed by atoms with Gasteiger partial charge in [-0.1, -0.05) is 70.7 Å². The highest BCUT2D eigenvalue weighted by Crippen LogP contribution is 2.38. The highest BCUT2D eigenvalue weighted by atomic mass is 33.1. The fraction of sp³-hybridized carbons (Fsp3) is 0.723. The van der Waals surface area contributed by atoms with Crippen molar-refractivity contribution in [1.82, 2.24) is 41.0 Å². The number of pyridine rings is 2. The summed E-state index contributed by atoms with van der Waals surface area (Å²) in [5, 5.41) is 74.8. The SMILES string of the molecule is C=C(SSc1ccccn1)C(=C)N(C)CCNCCN(C)C(=O)OCC(OC)OC(CC)CO.CCC(CO)OC(CO)OC.CCC(CO)OC(CO)OC.CCC(CO)OC(COC(=O)NCCN)OC.CCC(CO)OC(COC(=O)NCCNC(=O)CCSSc1ccccn1)OC. The van der Waals surface area contributed by atoms with Gasteiger partial charge in [0, 0.05) is 137 Å². The molecule has 594 valence electrons. The average Bonchev–Trinajstić information content (AvgIpc) is 0.952. The Labute approximate surface area is 619 Å². The third kappa shape index (κ3) is 55.9. The summed E-state index contributed by atoms with van der Waals surface area (Å²) in [5.41, 5.74) is 6.07. The van der Waals surface area contributed by atoms with Gasteiger partial charge < -0.3 is 134 Å². The monoisotopic (exact) mass is 1540 g/mol. The summed E-state index contributed by atoms with van der Waals surface area (Å²) in [6.45, 7) is 20.5. The first kappa shape index (κ1) is 102. The fourth-order valence-corrected chi connectivity index (χ4v) is 10.4. The molecule has 0 saturated carbocycles. The van der Waals surface area contributed by atoms with Crippen molar-refractivity contribution in [2.45, 2.75) is 145 Å². The van der Waals surface area contributed by atoms with Gasteiger partial charge in [-0.05, 0) is 88.8 Å². The smallest absolute Gasteiger partial charge is 0.409 e. The van der Waals surface area contributed by atoms with E-state index < -0.39 is 49.7 Å². The number of rotatable bonds is 54. The number of methoxy groups -OCH3 is 5. The molecule has 2 aromatic heterocycles. The molecule has 0 aliphatic rings. The number of alkyl carbamates (subject to hydrolysis) is 2. The van der Waals surface area contributed by atoms with Crippen LogP contribution in [0.5, 0.6) is 0 Å². The van der Waals surface area contributed by atoms with Crippen LogP contribution in [0.1, 0.15) is 73.1 Å². The number of aromatic nitrogens is 2. The predicted molar refractivity (Wildman–Crippen MR) is 393 cm³/mol. The van der Waals surface area contributed by atoms with Crippen LogP contribution in [-0.4, -0.2) is 315 Å². The van der Waals surface area contributed by atoms with Gasteiger partial charge in [0.05, 0.1) is 76.8 Å². The van der Waals surface area contributed by atoms with E-state index >= 15 is 0 Å². The van der Waals surface area contributed by atoms with E-state index in [4.69, 9.17) is 98.0 Å². The molecule has 10 unspecified atom stereocenters. The molecule has 0 spiro atoms. The number of carbonyl (C=O) groups excluding carboxylic acids is 4. The van der Waals surface area contributed by atoms with Crippen LogP contribution in [0, 0.1) is 0 Å². The molecule has 2 aromatic rings. The molecule has 37 heteroatoms. The molecule has 0 bridgehead atoms. The van der Waals surface area contributed by atoms with Gasteiger partial charge in [0.25, 0.3) is 0 Å². The van der Waals surface area contributed by atoms with Gasteiger partial charge in [0.15, 0.2) is 31.5 Å². The molecule has 2 heterocycles. The fourth-order valence-electron chi connectivity index (χ4n) is 6.75. The minimum atomic E-state index is -0.751. The number of amides is 4. The first-order chi connectivity index (χ1) is 49.1. The van der Waals surface area contributed by atoms with Crippen LogP contribution in [0.15, 0.2) is 82.6 Å². The van der Waals surface area contributed by atoms with E-state index in [1.807, 2.05) is 83.0 Å². The van der Waals surface area contributed by atoms with Gasteiger partial charge in [-0.25, -0.2) is 24.4 Å². The van der Waals surface area contributed by atoms with E-state index in [2.05, 4.69) is 44.4 Å². The van der Waals surface area contributed by atoms with Crippen molar-refractivity contribution in [2.75, 3.05) is 174 Å². The maximum atomic E-state index is 12.2. The van der Waals surface area contributed by atoms with Crippen LogP contribution < -0.4 is 27.0 Å². The zero-order valence-electron chi connectivity index (χ0n) is 61.6. The topological polar surface area (TPSA) is 436 Å². The van der Waals surface area contributed by atoms with Gasteiger partial charge in [-0.3, -0.25) is 4.79 Å². The normalized spacial score (nSPS) is 13.7. The van der Waals surface area contributed by atoms with Crippen LogP contribution in [0.25, 0.3) is 0 Å². The van der Waals surface area contributed by atoms with E-state index in [0.717, 1.165) is 33.7 Å². The molecule has 13 N–H and O–H groups in total. The third-order valence-electron chi connectivity index (χ3n) is 13.2. The van der Waals surface area contributed by atoms with Crippen molar-refractivity contribution in [2.24, 2.45) is 5.73 Å². The summed E-state index contributed by atoms with van der Waals surface area (Å²) in [4.78, 5) is 59.6. The second-order valence-corrected chi connectivity index (χ2v) is 25.5. The van der Waals surface area contributed by atoms with Gasteiger partial charge in [0.1, 0.15) is 29.9 Å². The molecule has 33 nitrogen and oxygen atoms in total. The summed E-state index contributed by atoms with van der Waals surface area (Å²) in [6.07, 6.45) is 0.587. The summed E-state index contributed by atoms with van der Waals surface area (Å²) >= 11 is 0. The summed E-state index contributed by atoms with van der Waals surface area (Å²) in [6, 6.07) is 11.5. The Kier molecular flexibility index (Phi) is 70.6. The number of aliphatic hydroxyl groups is 7. The lowest BCUT2D eigenvalue weighted by molar-refractivity contribution is -0.182. The minimum absolute atomic E-state index is 0.0383. The minimum Gasteiger partial charge on any atom is -0.444 e. The quantitative estimate of drug-likeness (QED) is 0.0147. The Hall–Kier alpha value is -4.50. The van der Waals surface area contributed by atoms with Crippen molar-refractivity contribution < 1.29 is 117 Å². The van der Waals surface area contributed by atoms with Crippen molar-refractivity contribution in [3.8, 4) is 0 Å². The van der Waals surface area contributed by atoms with E-state index in [0.29, 0.717) is 77.0 Å². The first-order valence-corrected chi connectivity index (χ1v) is 37.7. The molecular weight excluding hydrogens is 1420 g/mol. The molecule has 10 atom stereocenters. The van der Waals surface area contributed by atoms with E-state index in [9.17, 15) is 24.3 Å². The average molecular weight is 1540 g/mol. The second-order valence-electron chi connectivity index (χ2n) is 20.8. The Morgan fingerprint density at radius 3 is 1.24 bits per heavy atom. The zero-order chi connectivity index (χ0) is 77.1. The van der Waals surface area contributed by atoms with Gasteiger partial charge in [0.2, 0.25) is 5.91 Å². The first-order valence-electron chi connectivity index (χ1n) is 33.2. The Balaban J connectivity index is -0.00000129. The van der Waals surface area contributed by atoms with Gasteiger partial charge in [-0.15, -0.1) is 0 Å². The molecule has 0 fully saturated rings. The van der Waals surface area contributed by atoms with Gasteiger partial charge in [-0.2, -0.15) is 0 Å². The Bertz CT molecular complexity index is 2260. The predicted octanol–water partition coefficient (Wildman–Crippen LogP) is 3.92. The Morgan fingerprint density at radius 1 is 0.500 bits per heavy atom. The number of nitrogens with one attached hydrogen (secondary N) is 4. The summed E-state index contributed by atoms with van der Waals surface area (Å²) in [5.74, 6) is 0.574. The van der Waals surface area contributed by atoms with E-state index in [1.54, 1.807) is 51.8 Å². The third-order valence-corrected chi connectivity index (χ3v) is 17.8. The van der Waals surface area contributed by atoms with E-state index in [-0.39, 0.29) is 109 Å². The number of hydrogen-bond donors (Lipinski definition) is 12. The van der Waals surface area contributed by atoms with Crippen LogP contribution >= 0.6 is 43.2 Å². The van der Waals surface area contributed by atoms with Gasteiger partial charge >= 0.3 is 18.3 Å². The molecule has 102 heavy (non-hydrogen) atoms. The Morgan fingerprint density at radius 2 is 0.873 bits per heavy atom. The number of ether oxygens (including phenoxy) is 13. The molecule has 4 amide bonds. The molecule has 2 rings (SSSR count). The van der Waals surface area contributed by atoms with Crippen molar-refractivity contribution in [1.29, 1.82) is 0 Å². The molecule has 0 aliphatic heterocycles. The van der Waals surface area contributed by atoms with Crippen LogP contribution in [0.2, 0.25) is 0 Å². The summed E-state index contributed by atoms with van der Waals surface area (Å²) in [7, 11) is 17.1. The summed E-state index contributed by atoms with van der Waals surface area (Å²) < 4.78 is 66.4. The number of hydrogen-bond acceptors (Lipinski definition) is 33. The zero-order valence-corrected chi connectivity index (χ0v) is 64.8. The van der Waals surface area contributed by atoms with Crippen LogP contribution in [-0.2, 0) is 66.4 Å². The lowest BCUT2D eigenvalue weighted by Gasteiger charge is -2.24. The number of nitrogens with zero attached hydrogens (tertiary/aromatic N) is 4. The maximum absolute atomic E-state index is 12.2. The number of aliphatic hydroxyl groups excluding tert-OH is 7. The van der Waals surface area contributed by atoms with Crippen LogP contribution in [0.3, 0.4) is 0 Å². The lowest BCUT2D eigenvalue weighted by Crippen LogP contribution is -2.38.